The number of aryl methyl sites for hydroxylation is 3. The summed E-state index contributed by atoms with van der Waals surface area (Å²) in [5.74, 6) is -0.490. The number of ether oxygens (including phenoxy) is 1. The fourth-order valence-electron chi connectivity index (χ4n) is 4.26. The van der Waals surface area contributed by atoms with E-state index in [4.69, 9.17) is 17.0 Å². The lowest BCUT2D eigenvalue weighted by molar-refractivity contribution is -0.113. The Hall–Kier alpha value is -3.71. The highest BCUT2D eigenvalue weighted by Gasteiger charge is 2.32. The van der Waals surface area contributed by atoms with Crippen LogP contribution >= 0.6 is 12.2 Å². The van der Waals surface area contributed by atoms with Crippen LogP contribution in [-0.2, 0) is 9.53 Å². The first kappa shape index (κ1) is 25.4. The van der Waals surface area contributed by atoms with Gasteiger partial charge in [-0.2, -0.15) is 0 Å². The summed E-state index contributed by atoms with van der Waals surface area (Å²) in [6.45, 7) is 10.6. The molecule has 0 bridgehead atoms. The van der Waals surface area contributed by atoms with Gasteiger partial charge in [-0.05, 0) is 112 Å². The second-order valence-corrected chi connectivity index (χ2v) is 9.48. The Labute approximate surface area is 217 Å². The van der Waals surface area contributed by atoms with Crippen LogP contribution in [0.25, 0.3) is 11.8 Å². The minimum atomic E-state index is -0.309. The number of thiocarbonyl (C=S) groups is 1. The maximum atomic E-state index is 13.2. The predicted octanol–water partition coefficient (Wildman–Crippen LogP) is 5.93. The second-order valence-electron chi connectivity index (χ2n) is 9.10. The van der Waals surface area contributed by atoms with Gasteiger partial charge < -0.3 is 14.6 Å². The number of hydrogen-bond donors (Lipinski definition) is 1. The molecule has 0 unspecified atom stereocenters. The van der Waals surface area contributed by atoms with Crippen molar-refractivity contribution in [1.29, 1.82) is 0 Å². The number of hydrogen-bond acceptors (Lipinski definition) is 4. The van der Waals surface area contributed by atoms with Crippen LogP contribution in [0.2, 0.25) is 0 Å². The van der Waals surface area contributed by atoms with Gasteiger partial charge in [0.2, 0.25) is 0 Å². The summed E-state index contributed by atoms with van der Waals surface area (Å²) >= 11 is 5.49. The number of carbonyl (C=O) groups is 2. The maximum Gasteiger partial charge on any atom is 0.338 e. The summed E-state index contributed by atoms with van der Waals surface area (Å²) in [7, 11) is 0. The lowest BCUT2D eigenvalue weighted by Crippen LogP contribution is -2.30. The van der Waals surface area contributed by atoms with Crippen LogP contribution < -0.4 is 10.2 Å². The van der Waals surface area contributed by atoms with Gasteiger partial charge in [-0.15, -0.1) is 0 Å². The number of nitrogens with zero attached hydrogens (tertiary/aromatic N) is 2. The fraction of sp³-hybridized carbons (Fsp3) is 0.276. The van der Waals surface area contributed by atoms with E-state index in [-0.39, 0.29) is 11.9 Å². The Kier molecular flexibility index (Phi) is 7.40. The molecule has 36 heavy (non-hydrogen) atoms. The topological polar surface area (TPSA) is 63.6 Å². The highest BCUT2D eigenvalue weighted by Crippen LogP contribution is 2.27. The van der Waals surface area contributed by atoms with Crippen molar-refractivity contribution in [2.24, 2.45) is 0 Å². The molecule has 1 aromatic heterocycles. The van der Waals surface area contributed by atoms with Crippen molar-refractivity contribution >= 4 is 41.0 Å². The summed E-state index contributed by atoms with van der Waals surface area (Å²) in [5, 5.41) is 3.45. The second kappa shape index (κ2) is 10.5. The number of rotatable bonds is 7. The Morgan fingerprint density at radius 2 is 1.69 bits per heavy atom. The molecule has 3 aromatic rings. The zero-order chi connectivity index (χ0) is 26.0. The van der Waals surface area contributed by atoms with Crippen LogP contribution in [-0.4, -0.2) is 28.2 Å². The van der Waals surface area contributed by atoms with Crippen molar-refractivity contribution in [3.63, 3.8) is 0 Å². The summed E-state index contributed by atoms with van der Waals surface area (Å²) < 4.78 is 7.40. The van der Waals surface area contributed by atoms with Gasteiger partial charge >= 0.3 is 5.97 Å². The summed E-state index contributed by atoms with van der Waals surface area (Å²) in [5.41, 5.74) is 7.80. The smallest absolute Gasteiger partial charge is 0.338 e. The zero-order valence-corrected chi connectivity index (χ0v) is 22.2. The molecule has 2 aromatic carbocycles. The van der Waals surface area contributed by atoms with Gasteiger partial charge in [0.1, 0.15) is 5.70 Å². The standard InChI is InChI=1S/C29H31N3O3S/c1-6-7-14-35-28(34)22-9-12-24(13-10-22)31-20(4)16-23(21(31)5)17-26-27(33)32(29(36)30-26)25-11-8-18(2)19(3)15-25/h8-13,15-17H,6-7,14H2,1-5H3,(H,30,36)/b26-17-. The lowest BCUT2D eigenvalue weighted by atomic mass is 10.1. The Morgan fingerprint density at radius 1 is 1.00 bits per heavy atom. The van der Waals surface area contributed by atoms with E-state index in [1.807, 2.05) is 70.2 Å². The van der Waals surface area contributed by atoms with E-state index < -0.39 is 0 Å². The number of anilines is 1. The van der Waals surface area contributed by atoms with Crippen LogP contribution in [0.3, 0.4) is 0 Å². The molecule has 4 rings (SSSR count). The highest BCUT2D eigenvalue weighted by molar-refractivity contribution is 7.80. The van der Waals surface area contributed by atoms with Crippen molar-refractivity contribution in [3.8, 4) is 5.69 Å². The molecule has 0 spiro atoms. The van der Waals surface area contributed by atoms with E-state index in [0.717, 1.165) is 52.3 Å². The number of carbonyl (C=O) groups excluding carboxylic acids is 2. The molecule has 6 nitrogen and oxygen atoms in total. The average Bonchev–Trinajstić information content (AvgIpc) is 3.29. The number of benzene rings is 2. The molecule has 1 N–H and O–H groups in total. The van der Waals surface area contributed by atoms with Crippen LogP contribution in [0.15, 0.2) is 54.2 Å². The van der Waals surface area contributed by atoms with E-state index in [0.29, 0.717) is 23.0 Å². The van der Waals surface area contributed by atoms with Crippen molar-refractivity contribution in [1.82, 2.24) is 9.88 Å². The number of aromatic nitrogens is 1. The molecule has 0 saturated carbocycles. The predicted molar refractivity (Wildman–Crippen MR) is 148 cm³/mol. The number of esters is 1. The third-order valence-corrected chi connectivity index (χ3v) is 6.77. The van der Waals surface area contributed by atoms with E-state index in [1.54, 1.807) is 12.1 Å². The molecule has 1 aliphatic rings. The molecule has 0 aliphatic carbocycles. The van der Waals surface area contributed by atoms with Crippen LogP contribution in [0.5, 0.6) is 0 Å². The average molecular weight is 502 g/mol. The monoisotopic (exact) mass is 501 g/mol. The van der Waals surface area contributed by atoms with Crippen LogP contribution in [0, 0.1) is 27.7 Å². The molecule has 1 aliphatic heterocycles. The van der Waals surface area contributed by atoms with Gasteiger partial charge in [0.15, 0.2) is 5.11 Å². The number of unbranched alkanes of at least 4 members (excludes halogenated alkanes) is 1. The quantitative estimate of drug-likeness (QED) is 0.188. The van der Waals surface area contributed by atoms with Crippen LogP contribution in [0.4, 0.5) is 5.69 Å². The Morgan fingerprint density at radius 3 is 2.36 bits per heavy atom. The van der Waals surface area contributed by atoms with Crippen molar-refractivity contribution < 1.29 is 14.3 Å². The molecular weight excluding hydrogens is 470 g/mol. The maximum absolute atomic E-state index is 13.2. The molecule has 1 saturated heterocycles. The van der Waals surface area contributed by atoms with E-state index in [9.17, 15) is 9.59 Å². The summed E-state index contributed by atoms with van der Waals surface area (Å²) in [4.78, 5) is 27.0. The molecule has 2 heterocycles. The van der Waals surface area contributed by atoms with Gasteiger partial charge in [0, 0.05) is 17.1 Å². The number of amides is 1. The first-order valence-corrected chi connectivity index (χ1v) is 12.5. The Bertz CT molecular complexity index is 1370. The van der Waals surface area contributed by atoms with Gasteiger partial charge in [-0.3, -0.25) is 9.69 Å². The fourth-order valence-corrected chi connectivity index (χ4v) is 4.56. The van der Waals surface area contributed by atoms with Gasteiger partial charge in [-0.1, -0.05) is 19.4 Å². The summed E-state index contributed by atoms with van der Waals surface area (Å²) in [6, 6.07) is 15.3. The largest absolute Gasteiger partial charge is 0.462 e. The SMILES string of the molecule is CCCCOC(=O)c1ccc(-n2c(C)cc(/C=C3\NC(=S)N(c4ccc(C)c(C)c4)C3=O)c2C)cc1. The normalized spacial score (nSPS) is 14.5. The van der Waals surface area contributed by atoms with E-state index >= 15 is 0 Å². The lowest BCUT2D eigenvalue weighted by Gasteiger charge is -2.15. The van der Waals surface area contributed by atoms with Crippen molar-refractivity contribution in [2.75, 3.05) is 11.5 Å². The highest BCUT2D eigenvalue weighted by atomic mass is 32.1. The van der Waals surface area contributed by atoms with E-state index in [2.05, 4.69) is 16.8 Å². The van der Waals surface area contributed by atoms with Crippen LogP contribution in [0.1, 0.15) is 58.2 Å². The number of nitrogens with one attached hydrogen (secondary N) is 1. The van der Waals surface area contributed by atoms with Gasteiger partial charge in [-0.25, -0.2) is 4.79 Å². The first-order valence-electron chi connectivity index (χ1n) is 12.1. The molecule has 1 fully saturated rings. The first-order chi connectivity index (χ1) is 17.2. The minimum absolute atomic E-state index is 0.181. The third-order valence-electron chi connectivity index (χ3n) is 6.49. The minimum Gasteiger partial charge on any atom is -0.462 e. The molecular formula is C29H31N3O3S. The van der Waals surface area contributed by atoms with Gasteiger partial charge in [0.25, 0.3) is 5.91 Å². The molecule has 186 valence electrons. The van der Waals surface area contributed by atoms with Crippen molar-refractivity contribution in [3.05, 3.63) is 87.9 Å². The molecule has 7 heteroatoms. The van der Waals surface area contributed by atoms with E-state index in [1.165, 1.54) is 4.90 Å². The molecule has 0 atom stereocenters. The molecule has 1 amide bonds. The third kappa shape index (κ3) is 4.97. The van der Waals surface area contributed by atoms with Crippen molar-refractivity contribution in [2.45, 2.75) is 47.5 Å². The zero-order valence-electron chi connectivity index (χ0n) is 21.3. The summed E-state index contributed by atoms with van der Waals surface area (Å²) in [6.07, 6.45) is 3.68. The molecule has 0 radical (unpaired) electrons. The van der Waals surface area contributed by atoms with Gasteiger partial charge in [0.05, 0.1) is 17.9 Å². The Balaban J connectivity index is 1.58.